The minimum absolute atomic E-state index is 0.176. The lowest BCUT2D eigenvalue weighted by Gasteiger charge is -2.07. The fourth-order valence-corrected chi connectivity index (χ4v) is 1.39. The van der Waals surface area contributed by atoms with Crippen molar-refractivity contribution in [2.24, 2.45) is 5.73 Å². The van der Waals surface area contributed by atoms with E-state index in [1.54, 1.807) is 0 Å². The molecule has 1 aromatic heterocycles. The molecule has 20 heavy (non-hydrogen) atoms. The van der Waals surface area contributed by atoms with Gasteiger partial charge in [-0.2, -0.15) is 0 Å². The molecule has 0 saturated heterocycles. The van der Waals surface area contributed by atoms with E-state index in [0.29, 0.717) is 12.4 Å². The third kappa shape index (κ3) is 4.19. The van der Waals surface area contributed by atoms with Crippen molar-refractivity contribution in [1.29, 1.82) is 0 Å². The molecule has 0 unspecified atom stereocenters. The highest BCUT2D eigenvalue weighted by Crippen LogP contribution is 2.20. The molecule has 0 atom stereocenters. The van der Waals surface area contributed by atoms with E-state index in [-0.39, 0.29) is 5.56 Å². The summed E-state index contributed by atoms with van der Waals surface area (Å²) in [7, 11) is 0. The highest BCUT2D eigenvalue weighted by molar-refractivity contribution is 6.00. The monoisotopic (exact) mass is 281 g/mol. The lowest BCUT2D eigenvalue weighted by molar-refractivity contribution is -0.385. The fraction of sp³-hybridized carbons (Fsp3) is 0.364. The second-order valence-electron chi connectivity index (χ2n) is 3.92. The van der Waals surface area contributed by atoms with Gasteiger partial charge in [0.1, 0.15) is 17.6 Å². The van der Waals surface area contributed by atoms with Crippen molar-refractivity contribution in [1.82, 2.24) is 10.3 Å². The van der Waals surface area contributed by atoms with Gasteiger partial charge >= 0.3 is 0 Å². The van der Waals surface area contributed by atoms with Gasteiger partial charge in [0.25, 0.3) is 11.6 Å². The summed E-state index contributed by atoms with van der Waals surface area (Å²) in [5, 5.41) is 16.0. The number of carbonyl (C=O) groups excluding carboxylic acids is 2. The van der Waals surface area contributed by atoms with Crippen LogP contribution in [0.2, 0.25) is 0 Å². The van der Waals surface area contributed by atoms with Crippen molar-refractivity contribution in [3.05, 3.63) is 27.9 Å². The Morgan fingerprint density at radius 3 is 2.75 bits per heavy atom. The Bertz CT molecular complexity index is 532. The van der Waals surface area contributed by atoms with Crippen LogP contribution in [0.15, 0.2) is 12.3 Å². The zero-order valence-corrected chi connectivity index (χ0v) is 10.9. The number of hydrogen-bond donors (Lipinski definition) is 3. The summed E-state index contributed by atoms with van der Waals surface area (Å²) in [6, 6.07) is 1.27. The van der Waals surface area contributed by atoms with Gasteiger partial charge in [-0.1, -0.05) is 6.92 Å². The van der Waals surface area contributed by atoms with Gasteiger partial charge < -0.3 is 16.4 Å². The molecule has 0 aliphatic heterocycles. The van der Waals surface area contributed by atoms with Crippen LogP contribution in [-0.4, -0.2) is 34.8 Å². The summed E-state index contributed by atoms with van der Waals surface area (Å²) in [5.41, 5.74) is 4.29. The van der Waals surface area contributed by atoms with Gasteiger partial charge in [0.2, 0.25) is 5.91 Å². The molecule has 1 rings (SSSR count). The van der Waals surface area contributed by atoms with E-state index >= 15 is 0 Å². The van der Waals surface area contributed by atoms with Gasteiger partial charge in [0, 0.05) is 12.6 Å². The average Bonchev–Trinajstić information content (AvgIpc) is 2.41. The van der Waals surface area contributed by atoms with Crippen molar-refractivity contribution >= 4 is 23.3 Å². The number of nitro groups is 1. The number of pyridine rings is 1. The lowest BCUT2D eigenvalue weighted by atomic mass is 10.2. The molecule has 1 aromatic rings. The van der Waals surface area contributed by atoms with Gasteiger partial charge in [0.05, 0.1) is 11.5 Å². The minimum Gasteiger partial charge on any atom is -0.370 e. The molecular weight excluding hydrogens is 266 g/mol. The molecule has 4 N–H and O–H groups in total. The summed E-state index contributed by atoms with van der Waals surface area (Å²) in [4.78, 5) is 36.4. The van der Waals surface area contributed by atoms with E-state index in [1.165, 1.54) is 6.07 Å². The SMILES string of the molecule is CCCNc1cc(C(=O)NCC(N)=O)c([N+](=O)[O-])cn1. The molecule has 0 bridgehead atoms. The van der Waals surface area contributed by atoms with Gasteiger partial charge in [-0.25, -0.2) is 4.98 Å². The second-order valence-corrected chi connectivity index (χ2v) is 3.92. The number of amides is 2. The predicted molar refractivity (Wildman–Crippen MR) is 71.2 cm³/mol. The van der Waals surface area contributed by atoms with Gasteiger partial charge in [-0.15, -0.1) is 0 Å². The highest BCUT2D eigenvalue weighted by atomic mass is 16.6. The first-order valence-corrected chi connectivity index (χ1v) is 5.90. The maximum atomic E-state index is 11.8. The molecule has 0 aliphatic rings. The van der Waals surface area contributed by atoms with E-state index < -0.39 is 29.0 Å². The number of nitrogens with zero attached hydrogens (tertiary/aromatic N) is 2. The van der Waals surface area contributed by atoms with Crippen molar-refractivity contribution in [3.8, 4) is 0 Å². The molecule has 2 amide bonds. The number of nitrogens with two attached hydrogens (primary N) is 1. The predicted octanol–water partition coefficient (Wildman–Crippen LogP) is 0.0268. The van der Waals surface area contributed by atoms with E-state index in [1.807, 2.05) is 6.92 Å². The van der Waals surface area contributed by atoms with E-state index in [0.717, 1.165) is 12.6 Å². The van der Waals surface area contributed by atoms with Crippen molar-refractivity contribution in [2.75, 3.05) is 18.4 Å². The number of rotatable bonds is 7. The Morgan fingerprint density at radius 2 is 2.20 bits per heavy atom. The zero-order valence-electron chi connectivity index (χ0n) is 10.9. The molecule has 0 saturated carbocycles. The smallest absolute Gasteiger partial charge is 0.300 e. The van der Waals surface area contributed by atoms with Gasteiger partial charge in [-0.3, -0.25) is 19.7 Å². The fourth-order valence-electron chi connectivity index (χ4n) is 1.39. The van der Waals surface area contributed by atoms with Crippen molar-refractivity contribution in [2.45, 2.75) is 13.3 Å². The molecule has 108 valence electrons. The number of aromatic nitrogens is 1. The standard InChI is InChI=1S/C11H15N5O4/c1-2-3-13-10-4-7(8(5-14-10)16(19)20)11(18)15-6-9(12)17/h4-5H,2-3,6H2,1H3,(H2,12,17)(H,13,14)(H,15,18). The largest absolute Gasteiger partial charge is 0.370 e. The first-order valence-electron chi connectivity index (χ1n) is 5.90. The maximum Gasteiger partial charge on any atom is 0.300 e. The Balaban J connectivity index is 3.01. The van der Waals surface area contributed by atoms with Crippen LogP contribution in [0.4, 0.5) is 11.5 Å². The normalized spacial score (nSPS) is 9.85. The Labute approximate surface area is 114 Å². The van der Waals surface area contributed by atoms with E-state index in [4.69, 9.17) is 5.73 Å². The molecule has 0 fully saturated rings. The summed E-state index contributed by atoms with van der Waals surface area (Å²) in [5.74, 6) is -1.14. The van der Waals surface area contributed by atoms with Gasteiger partial charge in [0.15, 0.2) is 0 Å². The van der Waals surface area contributed by atoms with Crippen LogP contribution in [0, 0.1) is 10.1 Å². The quantitative estimate of drug-likeness (QED) is 0.475. The third-order valence-corrected chi connectivity index (χ3v) is 2.30. The Morgan fingerprint density at radius 1 is 1.50 bits per heavy atom. The van der Waals surface area contributed by atoms with Crippen LogP contribution < -0.4 is 16.4 Å². The van der Waals surface area contributed by atoms with Crippen LogP contribution in [0.25, 0.3) is 0 Å². The van der Waals surface area contributed by atoms with E-state index in [9.17, 15) is 19.7 Å². The summed E-state index contributed by atoms with van der Waals surface area (Å²) >= 11 is 0. The Kier molecular flexibility index (Phi) is 5.39. The van der Waals surface area contributed by atoms with E-state index in [2.05, 4.69) is 15.6 Å². The number of hydrogen-bond acceptors (Lipinski definition) is 6. The molecule has 0 radical (unpaired) electrons. The summed E-state index contributed by atoms with van der Waals surface area (Å²) in [6.45, 7) is 2.17. The molecule has 1 heterocycles. The highest BCUT2D eigenvalue weighted by Gasteiger charge is 2.21. The first-order chi connectivity index (χ1) is 9.45. The third-order valence-electron chi connectivity index (χ3n) is 2.30. The van der Waals surface area contributed by atoms with Crippen LogP contribution in [0.1, 0.15) is 23.7 Å². The molecule has 9 heteroatoms. The van der Waals surface area contributed by atoms with Crippen LogP contribution in [0.3, 0.4) is 0 Å². The number of carbonyl (C=O) groups is 2. The maximum absolute atomic E-state index is 11.8. The van der Waals surface area contributed by atoms with Gasteiger partial charge in [-0.05, 0) is 6.42 Å². The molecule has 0 aliphatic carbocycles. The number of primary amides is 1. The first kappa shape index (κ1) is 15.3. The molecule has 0 spiro atoms. The van der Waals surface area contributed by atoms with Crippen LogP contribution >= 0.6 is 0 Å². The molecular formula is C11H15N5O4. The van der Waals surface area contributed by atoms with Crippen LogP contribution in [0.5, 0.6) is 0 Å². The average molecular weight is 281 g/mol. The molecule has 9 nitrogen and oxygen atoms in total. The molecule has 0 aromatic carbocycles. The van der Waals surface area contributed by atoms with Crippen molar-refractivity contribution < 1.29 is 14.5 Å². The number of anilines is 1. The Hall–Kier alpha value is -2.71. The zero-order chi connectivity index (χ0) is 15.1. The lowest BCUT2D eigenvalue weighted by Crippen LogP contribution is -2.33. The van der Waals surface area contributed by atoms with Crippen LogP contribution in [-0.2, 0) is 4.79 Å². The second kappa shape index (κ2) is 7.02. The minimum atomic E-state index is -0.752. The summed E-state index contributed by atoms with van der Waals surface area (Å²) in [6.07, 6.45) is 1.83. The summed E-state index contributed by atoms with van der Waals surface area (Å²) < 4.78 is 0. The number of nitrogens with one attached hydrogen (secondary N) is 2. The van der Waals surface area contributed by atoms with Crippen molar-refractivity contribution in [3.63, 3.8) is 0 Å². The topological polar surface area (TPSA) is 140 Å².